The molecule has 0 bridgehead atoms. The lowest BCUT2D eigenvalue weighted by atomic mass is 10.1. The molecule has 0 spiro atoms. The van der Waals surface area contributed by atoms with Gasteiger partial charge in [-0.1, -0.05) is 54.2 Å². The molecule has 0 unspecified atom stereocenters. The van der Waals surface area contributed by atoms with Crippen molar-refractivity contribution in [3.8, 4) is 0 Å². The van der Waals surface area contributed by atoms with Crippen molar-refractivity contribution in [3.05, 3.63) is 77.0 Å². The molecule has 0 fully saturated rings. The molecule has 0 radical (unpaired) electrons. The van der Waals surface area contributed by atoms with Gasteiger partial charge in [0.05, 0.1) is 18.0 Å². The number of amides is 2. The largest absolute Gasteiger partial charge is 0.352 e. The van der Waals surface area contributed by atoms with E-state index < -0.39 is 0 Å². The maximum Gasteiger partial charge on any atom is 0.302 e. The third-order valence-electron chi connectivity index (χ3n) is 4.64. The number of hydrazone groups is 1. The highest BCUT2D eigenvalue weighted by molar-refractivity contribution is 8.14. The zero-order chi connectivity index (χ0) is 23.1. The van der Waals surface area contributed by atoms with Gasteiger partial charge in [0.25, 0.3) is 5.91 Å². The molecule has 2 N–H and O–H groups in total. The summed E-state index contributed by atoms with van der Waals surface area (Å²) in [6, 6.07) is 14.9. The van der Waals surface area contributed by atoms with E-state index in [-0.39, 0.29) is 16.8 Å². The van der Waals surface area contributed by atoms with Crippen molar-refractivity contribution in [2.45, 2.75) is 6.54 Å². The van der Waals surface area contributed by atoms with Crippen LogP contribution >= 0.6 is 23.4 Å². The molecule has 0 saturated carbocycles. The zero-order valence-electron chi connectivity index (χ0n) is 18.1. The van der Waals surface area contributed by atoms with Gasteiger partial charge < -0.3 is 15.5 Å². The van der Waals surface area contributed by atoms with Crippen LogP contribution in [-0.2, 0) is 11.3 Å². The van der Waals surface area contributed by atoms with E-state index in [0.29, 0.717) is 29.6 Å². The van der Waals surface area contributed by atoms with Gasteiger partial charge in [0.1, 0.15) is 0 Å². The summed E-state index contributed by atoms with van der Waals surface area (Å²) >= 11 is 7.19. The zero-order valence-corrected chi connectivity index (χ0v) is 19.7. The Morgan fingerprint density at radius 1 is 1.25 bits per heavy atom. The van der Waals surface area contributed by atoms with Gasteiger partial charge in [-0.15, -0.1) is 0 Å². The number of hydrogen-bond acceptors (Lipinski definition) is 6. The van der Waals surface area contributed by atoms with Crippen LogP contribution in [0.1, 0.15) is 11.1 Å². The highest BCUT2D eigenvalue weighted by Gasteiger charge is 2.22. The molecular weight excluding hydrogens is 446 g/mol. The van der Waals surface area contributed by atoms with E-state index in [1.165, 1.54) is 16.8 Å². The third-order valence-corrected chi connectivity index (χ3v) is 5.76. The average Bonchev–Trinajstić information content (AvgIpc) is 2.76. The molecule has 2 aromatic rings. The number of nitrogens with one attached hydrogen (secondary N) is 2. The molecule has 32 heavy (non-hydrogen) atoms. The third kappa shape index (κ3) is 6.85. The standard InChI is InChI=1S/C23H26ClN5O2S/c1-16(22(30)25-11-12-28(2)3)26-20-6-4-5-17(13-20)14-29-23(31)32-15-21(27-29)18-7-9-19(24)10-8-18/h4-10,13,26H,1,11-12,14-15H2,2-3H3,(H,25,30). The van der Waals surface area contributed by atoms with Crippen molar-refractivity contribution in [2.24, 2.45) is 5.10 Å². The summed E-state index contributed by atoms with van der Waals surface area (Å²) in [5.74, 6) is 0.262. The van der Waals surface area contributed by atoms with E-state index in [0.717, 1.165) is 23.4 Å². The second kappa shape index (κ2) is 11.2. The number of carbonyl (C=O) groups is 2. The number of likely N-dealkylation sites (N-methyl/N-ethyl adjacent to an activating group) is 1. The van der Waals surface area contributed by atoms with Crippen LogP contribution in [0.4, 0.5) is 10.5 Å². The van der Waals surface area contributed by atoms with Gasteiger partial charge in [0, 0.05) is 29.6 Å². The van der Waals surface area contributed by atoms with Crippen molar-refractivity contribution in [1.82, 2.24) is 15.2 Å². The normalized spacial score (nSPS) is 13.7. The fourth-order valence-corrected chi connectivity index (χ4v) is 3.82. The summed E-state index contributed by atoms with van der Waals surface area (Å²) < 4.78 is 0. The molecule has 1 heterocycles. The lowest BCUT2D eigenvalue weighted by molar-refractivity contribution is -0.117. The minimum absolute atomic E-state index is 0.106. The van der Waals surface area contributed by atoms with Gasteiger partial charge >= 0.3 is 5.24 Å². The Labute approximate surface area is 197 Å². The molecule has 0 aromatic heterocycles. The van der Waals surface area contributed by atoms with Crippen molar-refractivity contribution in [2.75, 3.05) is 38.3 Å². The lowest BCUT2D eigenvalue weighted by Gasteiger charge is -2.23. The smallest absolute Gasteiger partial charge is 0.302 e. The minimum atomic E-state index is -0.253. The van der Waals surface area contributed by atoms with Crippen LogP contribution in [0.25, 0.3) is 0 Å². The molecule has 2 amide bonds. The van der Waals surface area contributed by atoms with Gasteiger partial charge in [-0.2, -0.15) is 5.10 Å². The first-order valence-electron chi connectivity index (χ1n) is 10.1. The van der Waals surface area contributed by atoms with Crippen molar-refractivity contribution in [3.63, 3.8) is 0 Å². The number of hydrogen-bond donors (Lipinski definition) is 2. The summed E-state index contributed by atoms with van der Waals surface area (Å²) in [6.45, 7) is 5.42. The van der Waals surface area contributed by atoms with Crippen molar-refractivity contribution >= 4 is 45.9 Å². The number of thioether (sulfide) groups is 1. The van der Waals surface area contributed by atoms with E-state index in [2.05, 4.69) is 22.3 Å². The number of anilines is 1. The van der Waals surface area contributed by atoms with E-state index in [1.807, 2.05) is 67.5 Å². The number of nitrogens with zero attached hydrogens (tertiary/aromatic N) is 3. The molecule has 1 aliphatic heterocycles. The summed E-state index contributed by atoms with van der Waals surface area (Å²) in [7, 11) is 3.89. The Kier molecular flexibility index (Phi) is 8.33. The summed E-state index contributed by atoms with van der Waals surface area (Å²) in [5.41, 5.74) is 3.61. The fourth-order valence-electron chi connectivity index (χ4n) is 2.95. The van der Waals surface area contributed by atoms with Gasteiger partial charge in [-0.3, -0.25) is 9.59 Å². The molecule has 1 aliphatic rings. The van der Waals surface area contributed by atoms with Gasteiger partial charge in [0.15, 0.2) is 0 Å². The van der Waals surface area contributed by atoms with Crippen LogP contribution in [0.3, 0.4) is 0 Å². The maximum atomic E-state index is 12.4. The first-order chi connectivity index (χ1) is 15.3. The van der Waals surface area contributed by atoms with Crippen molar-refractivity contribution < 1.29 is 9.59 Å². The van der Waals surface area contributed by atoms with Crippen LogP contribution in [0, 0.1) is 0 Å². The molecular formula is C23H26ClN5O2S. The lowest BCUT2D eigenvalue weighted by Crippen LogP contribution is -2.33. The monoisotopic (exact) mass is 471 g/mol. The topological polar surface area (TPSA) is 77.0 Å². The number of rotatable bonds is 9. The van der Waals surface area contributed by atoms with Gasteiger partial charge in [0.2, 0.25) is 0 Å². The predicted octanol–water partition coefficient (Wildman–Crippen LogP) is 4.02. The van der Waals surface area contributed by atoms with Crippen LogP contribution in [0.2, 0.25) is 5.02 Å². The fraction of sp³-hybridized carbons (Fsp3) is 0.261. The molecule has 7 nitrogen and oxygen atoms in total. The van der Waals surface area contributed by atoms with Crippen LogP contribution < -0.4 is 10.6 Å². The quantitative estimate of drug-likeness (QED) is 0.540. The van der Waals surface area contributed by atoms with Crippen LogP contribution in [0.15, 0.2) is 65.9 Å². The maximum absolute atomic E-state index is 12.4. The number of carbonyl (C=O) groups excluding carboxylic acids is 2. The molecule has 2 aromatic carbocycles. The minimum Gasteiger partial charge on any atom is -0.352 e. The predicted molar refractivity (Wildman–Crippen MR) is 132 cm³/mol. The SMILES string of the molecule is C=C(Nc1cccc(CN2N=C(c3ccc(Cl)cc3)CSC2=O)c1)C(=O)NCCN(C)C. The van der Waals surface area contributed by atoms with Crippen LogP contribution in [-0.4, -0.2) is 59.7 Å². The average molecular weight is 472 g/mol. The molecule has 0 aliphatic carbocycles. The second-order valence-electron chi connectivity index (χ2n) is 7.53. The Morgan fingerprint density at radius 2 is 2.00 bits per heavy atom. The second-order valence-corrected chi connectivity index (χ2v) is 8.89. The van der Waals surface area contributed by atoms with Crippen molar-refractivity contribution in [1.29, 1.82) is 0 Å². The number of benzene rings is 2. The highest BCUT2D eigenvalue weighted by atomic mass is 35.5. The van der Waals surface area contributed by atoms with E-state index in [9.17, 15) is 9.59 Å². The summed E-state index contributed by atoms with van der Waals surface area (Å²) in [6.07, 6.45) is 0. The van der Waals surface area contributed by atoms with E-state index in [1.54, 1.807) is 0 Å². The Hall–Kier alpha value is -2.81. The molecule has 9 heteroatoms. The summed E-state index contributed by atoms with van der Waals surface area (Å²) in [5, 5.41) is 12.4. The molecule has 168 valence electrons. The number of halogens is 1. The van der Waals surface area contributed by atoms with Crippen LogP contribution in [0.5, 0.6) is 0 Å². The Balaban J connectivity index is 1.65. The molecule has 0 atom stereocenters. The molecule has 3 rings (SSSR count). The first kappa shape index (κ1) is 23.8. The first-order valence-corrected chi connectivity index (χ1v) is 11.4. The van der Waals surface area contributed by atoms with E-state index >= 15 is 0 Å². The van der Waals surface area contributed by atoms with Gasteiger partial charge in [-0.05, 0) is 49.5 Å². The molecule has 0 saturated heterocycles. The summed E-state index contributed by atoms with van der Waals surface area (Å²) in [4.78, 5) is 26.6. The highest BCUT2D eigenvalue weighted by Crippen LogP contribution is 2.23. The Bertz CT molecular complexity index is 1020. The van der Waals surface area contributed by atoms with Gasteiger partial charge in [-0.25, -0.2) is 5.01 Å². The van der Waals surface area contributed by atoms with E-state index in [4.69, 9.17) is 11.6 Å². The Morgan fingerprint density at radius 3 is 2.72 bits per heavy atom.